The van der Waals surface area contributed by atoms with Crippen molar-refractivity contribution in [3.05, 3.63) is 0 Å². The number of rotatable bonds is 5. The van der Waals surface area contributed by atoms with Crippen LogP contribution in [0.15, 0.2) is 0 Å². The Morgan fingerprint density at radius 1 is 1.39 bits per heavy atom. The molecule has 2 atom stereocenters. The molecule has 1 saturated heterocycles. The van der Waals surface area contributed by atoms with E-state index in [0.717, 1.165) is 6.42 Å². The fourth-order valence-electron chi connectivity index (χ4n) is 1.48. The molecule has 1 fully saturated rings. The van der Waals surface area contributed by atoms with E-state index in [4.69, 9.17) is 10.8 Å². The monoisotopic (exact) mass is 260 g/mol. The molecule has 0 aromatic heterocycles. The maximum atomic E-state index is 11.3. The number of carboxylic acids is 1. The fraction of sp³-hybridized carbons (Fsp3) is 0.700. The van der Waals surface area contributed by atoms with Gasteiger partial charge in [-0.25, -0.2) is 19.4 Å². The van der Waals surface area contributed by atoms with Gasteiger partial charge in [-0.15, -0.1) is 0 Å². The Morgan fingerprint density at radius 3 is 2.67 bits per heavy atom. The summed E-state index contributed by atoms with van der Waals surface area (Å²) in [5, 5.41) is 11.3. The van der Waals surface area contributed by atoms with E-state index < -0.39 is 30.0 Å². The molecule has 1 aliphatic heterocycles. The minimum atomic E-state index is -1.12. The Hall–Kier alpha value is -1.67. The molecule has 1 heterocycles. The van der Waals surface area contributed by atoms with Crippen LogP contribution in [0.5, 0.6) is 0 Å². The van der Waals surface area contributed by atoms with Gasteiger partial charge in [-0.2, -0.15) is 0 Å². The lowest BCUT2D eigenvalue weighted by molar-refractivity contribution is -0.261. The number of carboxylic acid groups (broad SMARTS) is 1. The molecule has 0 aromatic rings. The maximum Gasteiger partial charge on any atom is 0.372 e. The van der Waals surface area contributed by atoms with E-state index in [0.29, 0.717) is 13.0 Å². The Balaban J connectivity index is 2.22. The Bertz CT molecular complexity index is 326. The molecule has 0 aliphatic carbocycles. The van der Waals surface area contributed by atoms with Crippen LogP contribution in [0.25, 0.3) is 0 Å². The molecule has 0 spiro atoms. The van der Waals surface area contributed by atoms with E-state index in [1.165, 1.54) is 0 Å². The predicted octanol–water partition coefficient (Wildman–Crippen LogP) is -1.07. The Morgan fingerprint density at radius 2 is 2.11 bits per heavy atom. The number of hydrogen-bond donors (Lipinski definition) is 3. The second-order valence-electron chi connectivity index (χ2n) is 3.99. The largest absolute Gasteiger partial charge is 0.481 e. The number of aliphatic carboxylic acids is 1. The summed E-state index contributed by atoms with van der Waals surface area (Å²) in [7, 11) is 0. The summed E-state index contributed by atoms with van der Waals surface area (Å²) in [6.07, 6.45) is 1.15. The van der Waals surface area contributed by atoms with Gasteiger partial charge in [0.25, 0.3) is 0 Å². The highest BCUT2D eigenvalue weighted by molar-refractivity contribution is 5.79. The molecule has 1 rings (SSSR count). The SMILES string of the molecule is NC(CCC(=O)O)C(=O)OOC(=O)C1CCCN1. The fourth-order valence-corrected chi connectivity index (χ4v) is 1.48. The first kappa shape index (κ1) is 14.4. The molecule has 8 heteroatoms. The van der Waals surface area contributed by atoms with Gasteiger partial charge in [0.2, 0.25) is 0 Å². The number of carbonyl (C=O) groups is 3. The first-order chi connectivity index (χ1) is 8.50. The van der Waals surface area contributed by atoms with Crippen molar-refractivity contribution in [3.8, 4) is 0 Å². The molecule has 1 aliphatic rings. The number of carbonyl (C=O) groups excluding carboxylic acids is 2. The minimum Gasteiger partial charge on any atom is -0.481 e. The van der Waals surface area contributed by atoms with Crippen molar-refractivity contribution in [3.63, 3.8) is 0 Å². The zero-order chi connectivity index (χ0) is 13.5. The molecule has 0 saturated carbocycles. The van der Waals surface area contributed by atoms with Gasteiger partial charge in [0.1, 0.15) is 12.1 Å². The Labute approximate surface area is 103 Å². The molecule has 2 unspecified atom stereocenters. The highest BCUT2D eigenvalue weighted by atomic mass is 17.2. The number of hydrogen-bond acceptors (Lipinski definition) is 7. The molecule has 0 amide bonds. The molecule has 0 aromatic carbocycles. The zero-order valence-electron chi connectivity index (χ0n) is 9.76. The van der Waals surface area contributed by atoms with Crippen molar-refractivity contribution in [1.82, 2.24) is 5.32 Å². The van der Waals surface area contributed by atoms with Gasteiger partial charge in [-0.3, -0.25) is 4.79 Å². The highest BCUT2D eigenvalue weighted by Crippen LogP contribution is 2.07. The topological polar surface area (TPSA) is 128 Å². The third kappa shape index (κ3) is 4.68. The first-order valence-electron chi connectivity index (χ1n) is 5.63. The van der Waals surface area contributed by atoms with Gasteiger partial charge >= 0.3 is 17.9 Å². The molecule has 102 valence electrons. The van der Waals surface area contributed by atoms with Crippen molar-refractivity contribution in [1.29, 1.82) is 0 Å². The summed E-state index contributed by atoms with van der Waals surface area (Å²) in [4.78, 5) is 41.4. The maximum absolute atomic E-state index is 11.3. The van der Waals surface area contributed by atoms with E-state index in [-0.39, 0.29) is 12.8 Å². The standard InChI is InChI=1S/C10H16N2O6/c11-6(3-4-8(13)14)9(15)17-18-10(16)7-2-1-5-12-7/h6-7,12H,1-5,11H2,(H,13,14). The van der Waals surface area contributed by atoms with Gasteiger partial charge in [-0.05, 0) is 25.8 Å². The van der Waals surface area contributed by atoms with Crippen LogP contribution < -0.4 is 11.1 Å². The van der Waals surface area contributed by atoms with Gasteiger partial charge in [0.15, 0.2) is 0 Å². The molecule has 0 bridgehead atoms. The average molecular weight is 260 g/mol. The van der Waals surface area contributed by atoms with E-state index in [1.807, 2.05) is 0 Å². The lowest BCUT2D eigenvalue weighted by Crippen LogP contribution is -2.37. The van der Waals surface area contributed by atoms with Crippen LogP contribution in [-0.2, 0) is 24.2 Å². The van der Waals surface area contributed by atoms with Crippen molar-refractivity contribution in [2.45, 2.75) is 37.8 Å². The summed E-state index contributed by atoms with van der Waals surface area (Å²) in [5.41, 5.74) is 5.36. The summed E-state index contributed by atoms with van der Waals surface area (Å²) in [5.74, 6) is -2.70. The van der Waals surface area contributed by atoms with Crippen molar-refractivity contribution in [2.75, 3.05) is 6.54 Å². The second kappa shape index (κ2) is 6.92. The molecular weight excluding hydrogens is 244 g/mol. The quantitative estimate of drug-likeness (QED) is 0.421. The molecule has 18 heavy (non-hydrogen) atoms. The van der Waals surface area contributed by atoms with Gasteiger partial charge in [0, 0.05) is 6.42 Å². The van der Waals surface area contributed by atoms with Crippen LogP contribution in [0.1, 0.15) is 25.7 Å². The van der Waals surface area contributed by atoms with Gasteiger partial charge < -0.3 is 16.2 Å². The average Bonchev–Trinajstić information content (AvgIpc) is 2.86. The summed E-state index contributed by atoms with van der Waals surface area (Å²) < 4.78 is 0. The second-order valence-corrected chi connectivity index (χ2v) is 3.99. The van der Waals surface area contributed by atoms with Crippen molar-refractivity contribution >= 4 is 17.9 Å². The van der Waals surface area contributed by atoms with Gasteiger partial charge in [-0.1, -0.05) is 0 Å². The smallest absolute Gasteiger partial charge is 0.372 e. The number of nitrogens with two attached hydrogens (primary N) is 1. The van der Waals surface area contributed by atoms with Crippen molar-refractivity contribution < 1.29 is 29.3 Å². The molecular formula is C10H16N2O6. The van der Waals surface area contributed by atoms with E-state index >= 15 is 0 Å². The normalized spacial score (nSPS) is 20.2. The molecule has 8 nitrogen and oxygen atoms in total. The van der Waals surface area contributed by atoms with E-state index in [1.54, 1.807) is 0 Å². The van der Waals surface area contributed by atoms with Crippen LogP contribution >= 0.6 is 0 Å². The first-order valence-corrected chi connectivity index (χ1v) is 5.63. The van der Waals surface area contributed by atoms with Crippen LogP contribution in [-0.4, -0.2) is 41.6 Å². The van der Waals surface area contributed by atoms with E-state index in [2.05, 4.69) is 15.1 Å². The third-order valence-electron chi connectivity index (χ3n) is 2.52. The van der Waals surface area contributed by atoms with E-state index in [9.17, 15) is 14.4 Å². The molecule has 4 N–H and O–H groups in total. The lowest BCUT2D eigenvalue weighted by atomic mass is 10.2. The van der Waals surface area contributed by atoms with Crippen LogP contribution in [0, 0.1) is 0 Å². The zero-order valence-corrected chi connectivity index (χ0v) is 9.76. The highest BCUT2D eigenvalue weighted by Gasteiger charge is 2.26. The summed E-state index contributed by atoms with van der Waals surface area (Å²) >= 11 is 0. The molecule has 0 radical (unpaired) electrons. The summed E-state index contributed by atoms with van der Waals surface area (Å²) in [6.45, 7) is 0.714. The van der Waals surface area contributed by atoms with Crippen LogP contribution in [0.2, 0.25) is 0 Å². The Kier molecular flexibility index (Phi) is 5.53. The van der Waals surface area contributed by atoms with Crippen molar-refractivity contribution in [2.24, 2.45) is 5.73 Å². The van der Waals surface area contributed by atoms with Crippen LogP contribution in [0.3, 0.4) is 0 Å². The minimum absolute atomic E-state index is 0.0760. The summed E-state index contributed by atoms with van der Waals surface area (Å²) in [6, 6.07) is -1.58. The lowest BCUT2D eigenvalue weighted by Gasteiger charge is -2.10. The predicted molar refractivity (Wildman–Crippen MR) is 58.1 cm³/mol. The third-order valence-corrected chi connectivity index (χ3v) is 2.52. The van der Waals surface area contributed by atoms with Gasteiger partial charge in [0.05, 0.1) is 0 Å². The number of nitrogens with one attached hydrogen (secondary N) is 1. The van der Waals surface area contributed by atoms with Crippen LogP contribution in [0.4, 0.5) is 0 Å².